The van der Waals surface area contributed by atoms with Crippen LogP contribution in [-0.4, -0.2) is 27.6 Å². The Balaban J connectivity index is 2.25. The number of aromatic amines is 1. The highest BCUT2D eigenvalue weighted by atomic mass is 16.6. The summed E-state index contributed by atoms with van der Waals surface area (Å²) < 4.78 is 5.29. The molecule has 8 heteroatoms. The van der Waals surface area contributed by atoms with Crippen molar-refractivity contribution in [2.24, 2.45) is 0 Å². The summed E-state index contributed by atoms with van der Waals surface area (Å²) in [6.45, 7) is 4.22. The monoisotopic (exact) mass is 318 g/mol. The van der Waals surface area contributed by atoms with Crippen molar-refractivity contribution in [3.05, 3.63) is 45.6 Å². The van der Waals surface area contributed by atoms with Crippen LogP contribution in [0.15, 0.2) is 24.3 Å². The van der Waals surface area contributed by atoms with Crippen LogP contribution in [0.4, 0.5) is 11.5 Å². The number of H-pyrrole nitrogens is 1. The molecule has 1 amide bonds. The quantitative estimate of drug-likeness (QED) is 0.602. The first-order valence-electron chi connectivity index (χ1n) is 7.32. The average molecular weight is 318 g/mol. The number of amides is 1. The van der Waals surface area contributed by atoms with Crippen LogP contribution in [0.1, 0.15) is 36.3 Å². The van der Waals surface area contributed by atoms with Gasteiger partial charge >= 0.3 is 0 Å². The number of benzene rings is 1. The van der Waals surface area contributed by atoms with Gasteiger partial charge in [0.05, 0.1) is 11.5 Å². The fraction of sp³-hybridized carbons (Fsp3) is 0.333. The lowest BCUT2D eigenvalue weighted by molar-refractivity contribution is -0.385. The third-order valence-electron chi connectivity index (χ3n) is 3.11. The van der Waals surface area contributed by atoms with Crippen molar-refractivity contribution in [1.82, 2.24) is 10.2 Å². The Morgan fingerprint density at radius 1 is 1.39 bits per heavy atom. The highest BCUT2D eigenvalue weighted by Gasteiger charge is 2.22. The van der Waals surface area contributed by atoms with E-state index in [0.717, 1.165) is 18.5 Å². The first-order chi connectivity index (χ1) is 11.0. The first kappa shape index (κ1) is 16.5. The molecule has 1 heterocycles. The summed E-state index contributed by atoms with van der Waals surface area (Å²) in [6, 6.07) is 5.79. The van der Waals surface area contributed by atoms with Crippen molar-refractivity contribution in [1.29, 1.82) is 0 Å². The number of nitro benzene ring substituents is 1. The Bertz CT molecular complexity index is 711. The molecule has 0 fully saturated rings. The minimum Gasteiger partial charge on any atom is -0.494 e. The third-order valence-corrected chi connectivity index (χ3v) is 3.11. The molecule has 8 nitrogen and oxygen atoms in total. The lowest BCUT2D eigenvalue weighted by Crippen LogP contribution is -2.14. The van der Waals surface area contributed by atoms with E-state index in [4.69, 9.17) is 4.74 Å². The van der Waals surface area contributed by atoms with E-state index >= 15 is 0 Å². The Labute approximate surface area is 133 Å². The van der Waals surface area contributed by atoms with E-state index in [-0.39, 0.29) is 11.3 Å². The van der Waals surface area contributed by atoms with E-state index in [9.17, 15) is 14.9 Å². The number of nitro groups is 1. The van der Waals surface area contributed by atoms with Gasteiger partial charge in [-0.05, 0) is 25.5 Å². The highest BCUT2D eigenvalue weighted by Crippen LogP contribution is 2.25. The number of carbonyl (C=O) groups excluding carboxylic acids is 1. The zero-order valence-corrected chi connectivity index (χ0v) is 13.0. The van der Waals surface area contributed by atoms with Gasteiger partial charge < -0.3 is 10.1 Å². The zero-order chi connectivity index (χ0) is 16.8. The summed E-state index contributed by atoms with van der Waals surface area (Å²) in [5.74, 6) is 0.124. The number of aryl methyl sites for hydroxylation is 1. The van der Waals surface area contributed by atoms with E-state index in [1.807, 2.05) is 6.92 Å². The number of nitrogens with zero attached hydrogens (tertiary/aromatic N) is 2. The molecular formula is C15H18N4O4. The molecule has 0 unspecified atom stereocenters. The Hall–Kier alpha value is -2.90. The number of carbonyl (C=O) groups is 1. The smallest absolute Gasteiger partial charge is 0.282 e. The molecule has 0 aliphatic heterocycles. The topological polar surface area (TPSA) is 110 Å². The van der Waals surface area contributed by atoms with Crippen molar-refractivity contribution in [2.45, 2.75) is 26.7 Å². The molecule has 0 saturated carbocycles. The molecule has 0 saturated heterocycles. The van der Waals surface area contributed by atoms with Gasteiger partial charge in [-0.15, -0.1) is 0 Å². The molecule has 0 atom stereocenters. The maximum Gasteiger partial charge on any atom is 0.282 e. The molecule has 2 aromatic rings. The molecule has 2 N–H and O–H groups in total. The average Bonchev–Trinajstić information content (AvgIpc) is 2.95. The van der Waals surface area contributed by atoms with E-state index in [2.05, 4.69) is 15.5 Å². The number of nitrogens with one attached hydrogen (secondary N) is 2. The van der Waals surface area contributed by atoms with E-state index in [1.54, 1.807) is 13.0 Å². The Morgan fingerprint density at radius 3 is 2.83 bits per heavy atom. The van der Waals surface area contributed by atoms with E-state index < -0.39 is 10.8 Å². The molecule has 0 aliphatic rings. The fourth-order valence-electron chi connectivity index (χ4n) is 2.12. The molecule has 0 bridgehead atoms. The van der Waals surface area contributed by atoms with Gasteiger partial charge in [0, 0.05) is 17.8 Å². The van der Waals surface area contributed by atoms with Gasteiger partial charge in [-0.2, -0.15) is 5.10 Å². The van der Waals surface area contributed by atoms with Crippen LogP contribution in [0.3, 0.4) is 0 Å². The lowest BCUT2D eigenvalue weighted by atomic mass is 10.1. The molecule has 0 aliphatic carbocycles. The van der Waals surface area contributed by atoms with Gasteiger partial charge in [-0.1, -0.05) is 13.3 Å². The lowest BCUT2D eigenvalue weighted by Gasteiger charge is -2.07. The number of hydrogen-bond donors (Lipinski definition) is 2. The maximum atomic E-state index is 12.3. The van der Waals surface area contributed by atoms with Crippen molar-refractivity contribution >= 4 is 17.4 Å². The van der Waals surface area contributed by atoms with Crippen LogP contribution in [0.25, 0.3) is 0 Å². The standard InChI is InChI=1S/C15H18N4O4/c1-3-5-10-8-14(18-17-10)16-15(20)12-9-11(23-4-2)6-7-13(12)19(21)22/h6-9H,3-5H2,1-2H3,(H2,16,17,18,20). The van der Waals surface area contributed by atoms with Crippen LogP contribution in [-0.2, 0) is 6.42 Å². The molecule has 0 spiro atoms. The predicted octanol–water partition coefficient (Wildman–Crippen LogP) is 2.92. The molecule has 23 heavy (non-hydrogen) atoms. The van der Waals surface area contributed by atoms with Crippen LogP contribution >= 0.6 is 0 Å². The maximum absolute atomic E-state index is 12.3. The second kappa shape index (κ2) is 7.39. The molecule has 0 radical (unpaired) electrons. The summed E-state index contributed by atoms with van der Waals surface area (Å²) in [5, 5.41) is 20.4. The summed E-state index contributed by atoms with van der Waals surface area (Å²) in [4.78, 5) is 22.8. The summed E-state index contributed by atoms with van der Waals surface area (Å²) in [7, 11) is 0. The largest absolute Gasteiger partial charge is 0.494 e. The van der Waals surface area contributed by atoms with Crippen LogP contribution in [0, 0.1) is 10.1 Å². The van der Waals surface area contributed by atoms with E-state index in [0.29, 0.717) is 18.2 Å². The van der Waals surface area contributed by atoms with Crippen molar-refractivity contribution in [3.63, 3.8) is 0 Å². The third kappa shape index (κ3) is 4.06. The molecule has 1 aromatic heterocycles. The SMILES string of the molecule is CCCc1cc(NC(=O)c2cc(OCC)ccc2[N+](=O)[O-])n[nH]1. The van der Waals surface area contributed by atoms with Gasteiger partial charge in [-0.3, -0.25) is 20.0 Å². The number of rotatable bonds is 7. The minimum absolute atomic E-state index is 0.0685. The van der Waals surface area contributed by atoms with Gasteiger partial charge in [-0.25, -0.2) is 0 Å². The van der Waals surface area contributed by atoms with Gasteiger partial charge in [0.15, 0.2) is 5.82 Å². The summed E-state index contributed by atoms with van der Waals surface area (Å²) in [5.41, 5.74) is 0.539. The second-order valence-electron chi connectivity index (χ2n) is 4.85. The Kier molecular flexibility index (Phi) is 5.29. The van der Waals surface area contributed by atoms with Gasteiger partial charge in [0.25, 0.3) is 11.6 Å². The summed E-state index contributed by atoms with van der Waals surface area (Å²) in [6.07, 6.45) is 1.75. The predicted molar refractivity (Wildman–Crippen MR) is 84.8 cm³/mol. The normalized spacial score (nSPS) is 10.3. The molecular weight excluding hydrogens is 300 g/mol. The molecule has 1 aromatic carbocycles. The number of anilines is 1. The van der Waals surface area contributed by atoms with Crippen molar-refractivity contribution in [3.8, 4) is 5.75 Å². The highest BCUT2D eigenvalue weighted by molar-refractivity contribution is 6.06. The van der Waals surface area contributed by atoms with Gasteiger partial charge in [0.2, 0.25) is 0 Å². The van der Waals surface area contributed by atoms with Gasteiger partial charge in [0.1, 0.15) is 11.3 Å². The van der Waals surface area contributed by atoms with E-state index in [1.165, 1.54) is 18.2 Å². The Morgan fingerprint density at radius 2 is 2.17 bits per heavy atom. The van der Waals surface area contributed by atoms with Crippen molar-refractivity contribution < 1.29 is 14.5 Å². The fourth-order valence-corrected chi connectivity index (χ4v) is 2.12. The van der Waals surface area contributed by atoms with Crippen LogP contribution in [0.5, 0.6) is 5.75 Å². The first-order valence-corrected chi connectivity index (χ1v) is 7.32. The van der Waals surface area contributed by atoms with Crippen molar-refractivity contribution in [2.75, 3.05) is 11.9 Å². The van der Waals surface area contributed by atoms with Crippen LogP contribution in [0.2, 0.25) is 0 Å². The van der Waals surface area contributed by atoms with Crippen LogP contribution < -0.4 is 10.1 Å². The zero-order valence-electron chi connectivity index (χ0n) is 13.0. The second-order valence-corrected chi connectivity index (χ2v) is 4.85. The molecule has 122 valence electrons. The minimum atomic E-state index is -0.604. The number of hydrogen-bond acceptors (Lipinski definition) is 5. The number of aromatic nitrogens is 2. The molecule has 2 rings (SSSR count). The number of ether oxygens (including phenoxy) is 1. The summed E-state index contributed by atoms with van der Waals surface area (Å²) >= 11 is 0.